The van der Waals surface area contributed by atoms with Gasteiger partial charge in [0.15, 0.2) is 0 Å². The minimum Gasteiger partial charge on any atom is -0.465 e. The standard InChI is InChI=1S/C11H21NO3/c1-4-14-11(13)9(3)12-8(2)10-6-5-7-15-10/h8-10,12H,4-7H2,1-3H3. The fourth-order valence-corrected chi connectivity index (χ4v) is 1.83. The minimum absolute atomic E-state index is 0.192. The van der Waals surface area contributed by atoms with Gasteiger partial charge in [-0.25, -0.2) is 0 Å². The quantitative estimate of drug-likeness (QED) is 0.698. The smallest absolute Gasteiger partial charge is 0.322 e. The van der Waals surface area contributed by atoms with Gasteiger partial charge in [-0.15, -0.1) is 0 Å². The first kappa shape index (κ1) is 12.5. The van der Waals surface area contributed by atoms with Crippen molar-refractivity contribution in [2.45, 2.75) is 51.8 Å². The SMILES string of the molecule is CCOC(=O)C(C)NC(C)C1CCCO1. The Labute approximate surface area is 91.3 Å². The molecule has 1 aliphatic heterocycles. The summed E-state index contributed by atoms with van der Waals surface area (Å²) in [7, 11) is 0. The van der Waals surface area contributed by atoms with E-state index in [1.54, 1.807) is 0 Å². The highest BCUT2D eigenvalue weighted by Crippen LogP contribution is 2.15. The summed E-state index contributed by atoms with van der Waals surface area (Å²) in [6.07, 6.45) is 2.43. The molecule has 4 heteroatoms. The van der Waals surface area contributed by atoms with Crippen LogP contribution in [0.3, 0.4) is 0 Å². The molecule has 1 aliphatic rings. The van der Waals surface area contributed by atoms with Crippen LogP contribution in [0, 0.1) is 0 Å². The molecule has 0 radical (unpaired) electrons. The van der Waals surface area contributed by atoms with Gasteiger partial charge in [0.05, 0.1) is 12.7 Å². The first-order valence-corrected chi connectivity index (χ1v) is 5.69. The van der Waals surface area contributed by atoms with Gasteiger partial charge >= 0.3 is 5.97 Å². The second-order valence-corrected chi connectivity index (χ2v) is 3.98. The van der Waals surface area contributed by atoms with Crippen LogP contribution in [0.4, 0.5) is 0 Å². The van der Waals surface area contributed by atoms with Gasteiger partial charge < -0.3 is 9.47 Å². The Morgan fingerprint density at radius 2 is 2.33 bits per heavy atom. The third kappa shape index (κ3) is 3.80. The molecule has 1 rings (SSSR count). The van der Waals surface area contributed by atoms with Crippen molar-refractivity contribution < 1.29 is 14.3 Å². The molecule has 0 aromatic carbocycles. The molecule has 1 N–H and O–H groups in total. The molecular formula is C11H21NO3. The second kappa shape index (κ2) is 6.08. The molecule has 15 heavy (non-hydrogen) atoms. The molecule has 0 aliphatic carbocycles. The van der Waals surface area contributed by atoms with Gasteiger partial charge in [0, 0.05) is 12.6 Å². The fraction of sp³-hybridized carbons (Fsp3) is 0.909. The highest BCUT2D eigenvalue weighted by Gasteiger charge is 2.25. The summed E-state index contributed by atoms with van der Waals surface area (Å²) in [4.78, 5) is 11.4. The number of esters is 1. The lowest BCUT2D eigenvalue weighted by atomic mass is 10.1. The van der Waals surface area contributed by atoms with Gasteiger partial charge in [-0.1, -0.05) is 0 Å². The molecule has 1 heterocycles. The summed E-state index contributed by atoms with van der Waals surface area (Å²) in [6.45, 7) is 6.95. The lowest BCUT2D eigenvalue weighted by Gasteiger charge is -2.23. The van der Waals surface area contributed by atoms with E-state index in [-0.39, 0.29) is 24.2 Å². The van der Waals surface area contributed by atoms with E-state index >= 15 is 0 Å². The number of nitrogens with one attached hydrogen (secondary N) is 1. The molecule has 0 aromatic heterocycles. The highest BCUT2D eigenvalue weighted by molar-refractivity contribution is 5.75. The van der Waals surface area contributed by atoms with Crippen LogP contribution < -0.4 is 5.32 Å². The Morgan fingerprint density at radius 3 is 2.87 bits per heavy atom. The molecule has 1 fully saturated rings. The molecule has 3 unspecified atom stereocenters. The molecular weight excluding hydrogens is 194 g/mol. The Hall–Kier alpha value is -0.610. The van der Waals surface area contributed by atoms with Crippen LogP contribution in [0.1, 0.15) is 33.6 Å². The van der Waals surface area contributed by atoms with E-state index in [1.165, 1.54) is 0 Å². The van der Waals surface area contributed by atoms with Crippen LogP contribution in [0.5, 0.6) is 0 Å². The summed E-state index contributed by atoms with van der Waals surface area (Å²) in [5.74, 6) is -0.192. The van der Waals surface area contributed by atoms with Crippen molar-refractivity contribution in [3.8, 4) is 0 Å². The molecule has 0 aromatic rings. The van der Waals surface area contributed by atoms with Crippen LogP contribution in [-0.2, 0) is 14.3 Å². The summed E-state index contributed by atoms with van der Waals surface area (Å²) in [5, 5.41) is 3.21. The fourth-order valence-electron chi connectivity index (χ4n) is 1.83. The molecule has 0 amide bonds. The van der Waals surface area contributed by atoms with E-state index in [2.05, 4.69) is 5.32 Å². The van der Waals surface area contributed by atoms with Gasteiger partial charge in [0.2, 0.25) is 0 Å². The van der Waals surface area contributed by atoms with E-state index in [0.29, 0.717) is 6.61 Å². The maximum atomic E-state index is 11.4. The lowest BCUT2D eigenvalue weighted by Crippen LogP contribution is -2.46. The molecule has 4 nitrogen and oxygen atoms in total. The first-order chi connectivity index (χ1) is 7.15. The zero-order valence-electron chi connectivity index (χ0n) is 9.79. The number of carbonyl (C=O) groups excluding carboxylic acids is 1. The molecule has 3 atom stereocenters. The van der Waals surface area contributed by atoms with E-state index < -0.39 is 0 Å². The largest absolute Gasteiger partial charge is 0.465 e. The van der Waals surface area contributed by atoms with Crippen molar-refractivity contribution in [3.05, 3.63) is 0 Å². The molecule has 88 valence electrons. The van der Waals surface area contributed by atoms with E-state index in [1.807, 2.05) is 20.8 Å². The first-order valence-electron chi connectivity index (χ1n) is 5.69. The Kier molecular flexibility index (Phi) is 5.05. The van der Waals surface area contributed by atoms with E-state index in [9.17, 15) is 4.79 Å². The maximum Gasteiger partial charge on any atom is 0.322 e. The number of rotatable bonds is 5. The van der Waals surface area contributed by atoms with Gasteiger partial charge in [0.25, 0.3) is 0 Å². The summed E-state index contributed by atoms with van der Waals surface area (Å²) in [5.41, 5.74) is 0. The second-order valence-electron chi connectivity index (χ2n) is 3.98. The van der Waals surface area contributed by atoms with Gasteiger partial charge in [0.1, 0.15) is 6.04 Å². The summed E-state index contributed by atoms with van der Waals surface area (Å²) < 4.78 is 10.5. The van der Waals surface area contributed by atoms with Crippen molar-refractivity contribution in [1.82, 2.24) is 5.32 Å². The van der Waals surface area contributed by atoms with Crippen LogP contribution >= 0.6 is 0 Å². The lowest BCUT2D eigenvalue weighted by molar-refractivity contribution is -0.145. The zero-order chi connectivity index (χ0) is 11.3. The van der Waals surface area contributed by atoms with Crippen molar-refractivity contribution >= 4 is 5.97 Å². The maximum absolute atomic E-state index is 11.4. The number of ether oxygens (including phenoxy) is 2. The molecule has 1 saturated heterocycles. The average molecular weight is 215 g/mol. The predicted molar refractivity (Wildman–Crippen MR) is 57.7 cm³/mol. The topological polar surface area (TPSA) is 47.6 Å². The monoisotopic (exact) mass is 215 g/mol. The van der Waals surface area contributed by atoms with Crippen molar-refractivity contribution in [3.63, 3.8) is 0 Å². The number of hydrogen-bond acceptors (Lipinski definition) is 4. The summed E-state index contributed by atoms with van der Waals surface area (Å²) in [6, 6.07) is -0.0592. The van der Waals surface area contributed by atoms with Gasteiger partial charge in [-0.2, -0.15) is 0 Å². The predicted octanol–water partition coefficient (Wildman–Crippen LogP) is 1.10. The van der Waals surface area contributed by atoms with Crippen LogP contribution in [-0.4, -0.2) is 37.4 Å². The zero-order valence-corrected chi connectivity index (χ0v) is 9.79. The van der Waals surface area contributed by atoms with Gasteiger partial charge in [-0.3, -0.25) is 10.1 Å². The Morgan fingerprint density at radius 1 is 1.60 bits per heavy atom. The van der Waals surface area contributed by atoms with Gasteiger partial charge in [-0.05, 0) is 33.6 Å². The molecule has 0 spiro atoms. The Balaban J connectivity index is 2.29. The van der Waals surface area contributed by atoms with Crippen molar-refractivity contribution in [2.24, 2.45) is 0 Å². The van der Waals surface area contributed by atoms with Crippen LogP contribution in [0.2, 0.25) is 0 Å². The van der Waals surface area contributed by atoms with Crippen molar-refractivity contribution in [2.75, 3.05) is 13.2 Å². The van der Waals surface area contributed by atoms with Crippen molar-refractivity contribution in [1.29, 1.82) is 0 Å². The van der Waals surface area contributed by atoms with Crippen LogP contribution in [0.25, 0.3) is 0 Å². The molecule has 0 bridgehead atoms. The molecule has 0 saturated carbocycles. The minimum atomic E-state index is -0.260. The normalized spacial score (nSPS) is 24.9. The van der Waals surface area contributed by atoms with E-state index in [0.717, 1.165) is 19.4 Å². The average Bonchev–Trinajstić information content (AvgIpc) is 2.70. The summed E-state index contributed by atoms with van der Waals surface area (Å²) >= 11 is 0. The van der Waals surface area contributed by atoms with Crippen LogP contribution in [0.15, 0.2) is 0 Å². The number of carbonyl (C=O) groups is 1. The third-order valence-electron chi connectivity index (χ3n) is 2.68. The number of hydrogen-bond donors (Lipinski definition) is 1. The Bertz CT molecular complexity index is 202. The third-order valence-corrected chi connectivity index (χ3v) is 2.68. The highest BCUT2D eigenvalue weighted by atomic mass is 16.5. The van der Waals surface area contributed by atoms with E-state index in [4.69, 9.17) is 9.47 Å².